The lowest BCUT2D eigenvalue weighted by Gasteiger charge is -2.03. The third-order valence-corrected chi connectivity index (χ3v) is 4.51. The normalized spacial score (nSPS) is 10.9. The Balaban J connectivity index is 1.63. The second-order valence-corrected chi connectivity index (χ2v) is 6.76. The summed E-state index contributed by atoms with van der Waals surface area (Å²) >= 11 is 7.64. The number of halogens is 1. The van der Waals surface area contributed by atoms with Crippen LogP contribution in [0.1, 0.15) is 16.7 Å². The number of rotatable bonds is 7. The van der Waals surface area contributed by atoms with Gasteiger partial charge in [-0.15, -0.1) is 0 Å². The van der Waals surface area contributed by atoms with Gasteiger partial charge in [-0.3, -0.25) is 4.79 Å². The lowest BCUT2D eigenvalue weighted by Crippen LogP contribution is -2.23. The van der Waals surface area contributed by atoms with Crippen molar-refractivity contribution >= 4 is 35.3 Å². The van der Waals surface area contributed by atoms with Crippen molar-refractivity contribution in [3.63, 3.8) is 0 Å². The summed E-state index contributed by atoms with van der Waals surface area (Å²) in [5, 5.41) is 3.65. The summed E-state index contributed by atoms with van der Waals surface area (Å²) < 4.78 is 0. The van der Waals surface area contributed by atoms with E-state index in [1.807, 2.05) is 61.5 Å². The number of hydrogen-bond donors (Lipinski definition) is 1. The van der Waals surface area contributed by atoms with Crippen molar-refractivity contribution in [2.45, 2.75) is 12.7 Å². The fraction of sp³-hybridized carbons (Fsp3) is 0.211. The average molecular weight is 346 g/mol. The first kappa shape index (κ1) is 17.6. The maximum atomic E-state index is 11.7. The van der Waals surface area contributed by atoms with Gasteiger partial charge < -0.3 is 5.32 Å². The van der Waals surface area contributed by atoms with Crippen LogP contribution < -0.4 is 5.32 Å². The Morgan fingerprint density at radius 2 is 1.83 bits per heavy atom. The summed E-state index contributed by atoms with van der Waals surface area (Å²) in [5.74, 6) is 1.75. The summed E-state index contributed by atoms with van der Waals surface area (Å²) in [4.78, 5) is 11.7. The van der Waals surface area contributed by atoms with Crippen molar-refractivity contribution in [2.24, 2.45) is 0 Å². The van der Waals surface area contributed by atoms with Gasteiger partial charge in [0.1, 0.15) is 0 Å². The van der Waals surface area contributed by atoms with E-state index in [0.717, 1.165) is 22.1 Å². The van der Waals surface area contributed by atoms with Crippen molar-refractivity contribution < 1.29 is 4.79 Å². The number of nitrogens with one attached hydrogen (secondary N) is 1. The lowest BCUT2D eigenvalue weighted by molar-refractivity contribution is -0.116. The highest BCUT2D eigenvalue weighted by molar-refractivity contribution is 7.98. The van der Waals surface area contributed by atoms with Gasteiger partial charge in [-0.05, 0) is 36.3 Å². The maximum Gasteiger partial charge on any atom is 0.244 e. The highest BCUT2D eigenvalue weighted by Gasteiger charge is 1.97. The van der Waals surface area contributed by atoms with Crippen LogP contribution in [0, 0.1) is 6.92 Å². The van der Waals surface area contributed by atoms with Crippen LogP contribution in [0.3, 0.4) is 0 Å². The van der Waals surface area contributed by atoms with Gasteiger partial charge in [-0.25, -0.2) is 0 Å². The van der Waals surface area contributed by atoms with E-state index in [-0.39, 0.29) is 5.91 Å². The summed E-state index contributed by atoms with van der Waals surface area (Å²) in [6.45, 7) is 2.71. The number of amides is 1. The van der Waals surface area contributed by atoms with Gasteiger partial charge in [0.25, 0.3) is 0 Å². The second kappa shape index (κ2) is 9.43. The second-order valence-electron chi connectivity index (χ2n) is 5.21. The molecule has 0 radical (unpaired) electrons. The third kappa shape index (κ3) is 6.93. The van der Waals surface area contributed by atoms with Crippen LogP contribution in [-0.2, 0) is 10.5 Å². The molecule has 0 heterocycles. The van der Waals surface area contributed by atoms with Crippen molar-refractivity contribution in [3.05, 3.63) is 76.3 Å². The first-order chi connectivity index (χ1) is 11.1. The zero-order valence-corrected chi connectivity index (χ0v) is 14.7. The molecular formula is C19H20ClNOS. The molecule has 0 saturated heterocycles. The molecule has 1 amide bonds. The predicted molar refractivity (Wildman–Crippen MR) is 101 cm³/mol. The molecule has 4 heteroatoms. The minimum Gasteiger partial charge on any atom is -0.352 e. The van der Waals surface area contributed by atoms with Crippen LogP contribution in [0.25, 0.3) is 6.08 Å². The molecule has 120 valence electrons. The molecule has 0 saturated carbocycles. The van der Waals surface area contributed by atoms with E-state index >= 15 is 0 Å². The molecule has 0 aliphatic heterocycles. The van der Waals surface area contributed by atoms with Crippen LogP contribution in [0.2, 0.25) is 5.02 Å². The molecule has 2 aromatic rings. The first-order valence-corrected chi connectivity index (χ1v) is 9.01. The summed E-state index contributed by atoms with van der Waals surface area (Å²) in [5.41, 5.74) is 3.48. The topological polar surface area (TPSA) is 29.1 Å². The first-order valence-electron chi connectivity index (χ1n) is 7.48. The van der Waals surface area contributed by atoms with E-state index in [1.165, 1.54) is 11.1 Å². The number of hydrogen-bond acceptors (Lipinski definition) is 2. The van der Waals surface area contributed by atoms with E-state index in [9.17, 15) is 4.79 Å². The predicted octanol–water partition coefficient (Wildman–Crippen LogP) is 4.71. The molecule has 2 aromatic carbocycles. The zero-order chi connectivity index (χ0) is 16.5. The quantitative estimate of drug-likeness (QED) is 0.581. The summed E-state index contributed by atoms with van der Waals surface area (Å²) in [7, 11) is 0. The third-order valence-electron chi connectivity index (χ3n) is 3.23. The van der Waals surface area contributed by atoms with Gasteiger partial charge >= 0.3 is 0 Å². The maximum absolute atomic E-state index is 11.7. The molecule has 0 aromatic heterocycles. The van der Waals surface area contributed by atoms with E-state index < -0.39 is 0 Å². The molecule has 0 atom stereocenters. The van der Waals surface area contributed by atoms with Crippen LogP contribution in [0.5, 0.6) is 0 Å². The van der Waals surface area contributed by atoms with Gasteiger partial charge in [0.15, 0.2) is 0 Å². The monoisotopic (exact) mass is 345 g/mol. The molecule has 0 spiro atoms. The number of thioether (sulfide) groups is 1. The SMILES string of the molecule is Cc1ccc(/C=C/C(=O)NCCSCc2ccc(Cl)cc2)cc1. The van der Waals surface area contributed by atoms with Crippen LogP contribution in [0.4, 0.5) is 0 Å². The Bertz CT molecular complexity index is 650. The molecule has 0 bridgehead atoms. The average Bonchev–Trinajstić information content (AvgIpc) is 2.56. The van der Waals surface area contributed by atoms with Crippen LogP contribution in [0.15, 0.2) is 54.6 Å². The van der Waals surface area contributed by atoms with E-state index in [0.29, 0.717) is 6.54 Å². The summed E-state index contributed by atoms with van der Waals surface area (Å²) in [6.07, 6.45) is 3.41. The van der Waals surface area contributed by atoms with Gasteiger partial charge in [0.2, 0.25) is 5.91 Å². The smallest absolute Gasteiger partial charge is 0.244 e. The molecule has 0 unspecified atom stereocenters. The molecule has 0 aliphatic carbocycles. The fourth-order valence-electron chi connectivity index (χ4n) is 1.93. The Hall–Kier alpha value is -1.71. The largest absolute Gasteiger partial charge is 0.352 e. The lowest BCUT2D eigenvalue weighted by atomic mass is 10.1. The molecule has 23 heavy (non-hydrogen) atoms. The Morgan fingerprint density at radius 1 is 1.13 bits per heavy atom. The van der Waals surface area contributed by atoms with Gasteiger partial charge in [-0.1, -0.05) is 53.6 Å². The van der Waals surface area contributed by atoms with Crippen molar-refractivity contribution in [3.8, 4) is 0 Å². The van der Waals surface area contributed by atoms with Crippen molar-refractivity contribution in [1.82, 2.24) is 5.32 Å². The standard InChI is InChI=1S/C19H20ClNOS/c1-15-2-4-16(5-3-15)8-11-19(22)21-12-13-23-14-17-6-9-18(20)10-7-17/h2-11H,12-14H2,1H3,(H,21,22)/b11-8+. The van der Waals surface area contributed by atoms with E-state index in [2.05, 4.69) is 5.32 Å². The Kier molecular flexibility index (Phi) is 7.24. The van der Waals surface area contributed by atoms with Crippen LogP contribution in [-0.4, -0.2) is 18.2 Å². The number of carbonyl (C=O) groups is 1. The highest BCUT2D eigenvalue weighted by Crippen LogP contribution is 2.15. The fourth-order valence-corrected chi connectivity index (χ4v) is 2.87. The number of benzene rings is 2. The number of carbonyl (C=O) groups excluding carboxylic acids is 1. The molecule has 0 aliphatic rings. The molecule has 2 nitrogen and oxygen atoms in total. The highest BCUT2D eigenvalue weighted by atomic mass is 35.5. The minimum atomic E-state index is -0.0577. The number of aryl methyl sites for hydroxylation is 1. The Labute approximate surface area is 146 Å². The molecule has 2 rings (SSSR count). The molecular weight excluding hydrogens is 326 g/mol. The van der Waals surface area contributed by atoms with E-state index in [4.69, 9.17) is 11.6 Å². The molecule has 1 N–H and O–H groups in total. The van der Waals surface area contributed by atoms with E-state index in [1.54, 1.807) is 17.8 Å². The minimum absolute atomic E-state index is 0.0577. The molecule has 0 fully saturated rings. The van der Waals surface area contributed by atoms with Gasteiger partial charge in [0, 0.05) is 29.1 Å². The summed E-state index contributed by atoms with van der Waals surface area (Å²) in [6, 6.07) is 15.9. The van der Waals surface area contributed by atoms with Gasteiger partial charge in [-0.2, -0.15) is 11.8 Å². The van der Waals surface area contributed by atoms with Gasteiger partial charge in [0.05, 0.1) is 0 Å². The van der Waals surface area contributed by atoms with Crippen molar-refractivity contribution in [2.75, 3.05) is 12.3 Å². The zero-order valence-electron chi connectivity index (χ0n) is 13.1. The van der Waals surface area contributed by atoms with Crippen molar-refractivity contribution in [1.29, 1.82) is 0 Å². The Morgan fingerprint density at radius 3 is 2.52 bits per heavy atom. The van der Waals surface area contributed by atoms with Crippen LogP contribution >= 0.6 is 23.4 Å².